The number of rotatable bonds is 9. The number of hydrogen-bond donors (Lipinski definition) is 1. The number of allylic oxidation sites excluding steroid dienone is 6. The number of halogens is 3. The first-order valence-electron chi connectivity index (χ1n) is 10.3. The summed E-state index contributed by atoms with van der Waals surface area (Å²) in [5, 5.41) is 3.21. The molecule has 1 N–H and O–H groups in total. The maximum Gasteiger partial charge on any atom is 0.257 e. The summed E-state index contributed by atoms with van der Waals surface area (Å²) in [6, 6.07) is 4.85. The number of Topliss-reactive ketones (excluding diaryl/α,β-unsaturated/α-hetero) is 1. The van der Waals surface area contributed by atoms with Gasteiger partial charge in [-0.3, -0.25) is 4.79 Å². The van der Waals surface area contributed by atoms with Gasteiger partial charge in [0.05, 0.1) is 12.5 Å². The number of hydrogen-bond acceptors (Lipinski definition) is 3. The van der Waals surface area contributed by atoms with Crippen LogP contribution in [0, 0.1) is 11.2 Å². The fourth-order valence-corrected chi connectivity index (χ4v) is 3.85. The van der Waals surface area contributed by atoms with E-state index in [-0.39, 0.29) is 24.4 Å². The second-order valence-electron chi connectivity index (χ2n) is 8.43. The lowest BCUT2D eigenvalue weighted by atomic mass is 9.94. The van der Waals surface area contributed by atoms with Gasteiger partial charge in [-0.2, -0.15) is 0 Å². The summed E-state index contributed by atoms with van der Waals surface area (Å²) in [6.45, 7) is 7.27. The van der Waals surface area contributed by atoms with E-state index in [4.69, 9.17) is 4.74 Å². The average molecular weight is 431 g/mol. The van der Waals surface area contributed by atoms with Crippen LogP contribution in [0.2, 0.25) is 0 Å². The molecular formula is C25H28F3NO2. The number of nitrogens with one attached hydrogen (secondary N) is 1. The molecule has 1 fully saturated rings. The fourth-order valence-electron chi connectivity index (χ4n) is 3.85. The first kappa shape index (κ1) is 22.9. The van der Waals surface area contributed by atoms with Crippen LogP contribution in [0.25, 0.3) is 5.57 Å². The quantitative estimate of drug-likeness (QED) is 0.400. The lowest BCUT2D eigenvalue weighted by Gasteiger charge is -2.25. The third-order valence-electron chi connectivity index (χ3n) is 5.95. The van der Waals surface area contributed by atoms with Crippen molar-refractivity contribution in [3.8, 4) is 0 Å². The van der Waals surface area contributed by atoms with E-state index in [2.05, 4.69) is 11.9 Å². The van der Waals surface area contributed by atoms with Crippen molar-refractivity contribution in [3.63, 3.8) is 0 Å². The predicted molar refractivity (Wildman–Crippen MR) is 116 cm³/mol. The van der Waals surface area contributed by atoms with Crippen molar-refractivity contribution in [1.82, 2.24) is 5.32 Å². The first-order valence-corrected chi connectivity index (χ1v) is 10.3. The molecule has 1 saturated carbocycles. The molecule has 0 radical (unpaired) electrons. The Morgan fingerprint density at radius 2 is 2.03 bits per heavy atom. The van der Waals surface area contributed by atoms with Crippen molar-refractivity contribution in [3.05, 3.63) is 77.0 Å². The van der Waals surface area contributed by atoms with Crippen molar-refractivity contribution < 1.29 is 22.7 Å². The largest absolute Gasteiger partial charge is 0.500 e. The van der Waals surface area contributed by atoms with Crippen molar-refractivity contribution in [2.75, 3.05) is 13.7 Å². The predicted octanol–water partition coefficient (Wildman–Crippen LogP) is 5.74. The van der Waals surface area contributed by atoms with E-state index < -0.39 is 17.2 Å². The van der Waals surface area contributed by atoms with Crippen LogP contribution in [0.15, 0.2) is 60.0 Å². The topological polar surface area (TPSA) is 38.3 Å². The van der Waals surface area contributed by atoms with Gasteiger partial charge in [0.25, 0.3) is 5.92 Å². The molecule has 1 aliphatic heterocycles. The van der Waals surface area contributed by atoms with Crippen LogP contribution in [-0.4, -0.2) is 25.4 Å². The van der Waals surface area contributed by atoms with Gasteiger partial charge in [0.15, 0.2) is 0 Å². The van der Waals surface area contributed by atoms with Crippen LogP contribution >= 0.6 is 0 Å². The van der Waals surface area contributed by atoms with Gasteiger partial charge >= 0.3 is 0 Å². The number of alkyl halides is 2. The Bertz CT molecular complexity index is 979. The normalized spacial score (nSPS) is 17.9. The highest BCUT2D eigenvalue weighted by Crippen LogP contribution is 2.61. The summed E-state index contributed by atoms with van der Waals surface area (Å²) in [7, 11) is 1.35. The Hall–Kier alpha value is -2.76. The molecule has 0 atom stereocenters. The zero-order valence-electron chi connectivity index (χ0n) is 18.2. The van der Waals surface area contributed by atoms with E-state index in [0.717, 1.165) is 23.8 Å². The highest BCUT2D eigenvalue weighted by atomic mass is 19.3. The van der Waals surface area contributed by atoms with Crippen molar-refractivity contribution in [2.45, 2.75) is 45.5 Å². The van der Waals surface area contributed by atoms with Gasteiger partial charge < -0.3 is 10.1 Å². The minimum Gasteiger partial charge on any atom is -0.500 e. The second kappa shape index (κ2) is 8.77. The summed E-state index contributed by atoms with van der Waals surface area (Å²) in [5.41, 5.74) is 2.13. The minimum absolute atomic E-state index is 0.0570. The van der Waals surface area contributed by atoms with Gasteiger partial charge in [0.1, 0.15) is 17.4 Å². The minimum atomic E-state index is -2.91. The molecule has 2 aliphatic rings. The maximum atomic E-state index is 14.6. The first-order chi connectivity index (χ1) is 14.6. The zero-order chi connectivity index (χ0) is 22.8. The lowest BCUT2D eigenvalue weighted by molar-refractivity contribution is -0.117. The van der Waals surface area contributed by atoms with Crippen molar-refractivity contribution in [1.29, 1.82) is 0 Å². The third-order valence-corrected chi connectivity index (χ3v) is 5.95. The molecule has 31 heavy (non-hydrogen) atoms. The molecule has 6 heteroatoms. The number of ketones is 1. The maximum absolute atomic E-state index is 14.6. The molecule has 3 nitrogen and oxygen atoms in total. The molecule has 1 aliphatic carbocycles. The summed E-state index contributed by atoms with van der Waals surface area (Å²) < 4.78 is 47.7. The summed E-state index contributed by atoms with van der Waals surface area (Å²) in [6.07, 6.45) is 5.82. The molecule has 0 saturated heterocycles. The molecule has 1 aromatic carbocycles. The van der Waals surface area contributed by atoms with Crippen molar-refractivity contribution in [2.24, 2.45) is 5.41 Å². The van der Waals surface area contributed by atoms with Crippen LogP contribution in [0.5, 0.6) is 0 Å². The van der Waals surface area contributed by atoms with Crippen LogP contribution in [0.3, 0.4) is 0 Å². The SMILES string of the molecule is C=C(/C=C(\OC)C1(C(C)(F)F)CC1)CC(=O)Cc1ccc(C2=CC=C(C)NC2)cc1F. The number of benzene rings is 1. The Kier molecular flexibility index (Phi) is 6.48. The van der Waals surface area contributed by atoms with E-state index >= 15 is 0 Å². The highest BCUT2D eigenvalue weighted by molar-refractivity contribution is 5.83. The third kappa shape index (κ3) is 5.12. The summed E-state index contributed by atoms with van der Waals surface area (Å²) in [5.74, 6) is -3.46. The van der Waals surface area contributed by atoms with Gasteiger partial charge in [-0.05, 0) is 60.3 Å². The van der Waals surface area contributed by atoms with E-state index in [1.165, 1.54) is 19.3 Å². The van der Waals surface area contributed by atoms with Crippen LogP contribution in [-0.2, 0) is 16.0 Å². The number of ether oxygens (including phenoxy) is 1. The fraction of sp³-hybridized carbons (Fsp3) is 0.400. The zero-order valence-corrected chi connectivity index (χ0v) is 18.2. The van der Waals surface area contributed by atoms with E-state index in [1.807, 2.05) is 19.1 Å². The molecule has 0 bridgehead atoms. The molecule has 1 aromatic rings. The molecule has 1 heterocycles. The molecule has 0 spiro atoms. The van der Waals surface area contributed by atoms with Gasteiger partial charge in [-0.15, -0.1) is 0 Å². The number of carbonyl (C=O) groups excluding carboxylic acids is 1. The number of carbonyl (C=O) groups is 1. The highest BCUT2D eigenvalue weighted by Gasteiger charge is 2.62. The second-order valence-corrected chi connectivity index (χ2v) is 8.43. The monoisotopic (exact) mass is 431 g/mol. The van der Waals surface area contributed by atoms with Gasteiger partial charge in [-0.1, -0.05) is 24.8 Å². The molecule has 0 amide bonds. The van der Waals surface area contributed by atoms with Crippen LogP contribution in [0.1, 0.15) is 44.2 Å². The molecule has 0 unspecified atom stereocenters. The summed E-state index contributed by atoms with van der Waals surface area (Å²) >= 11 is 0. The van der Waals surface area contributed by atoms with E-state index in [1.54, 1.807) is 12.1 Å². The van der Waals surface area contributed by atoms with Gasteiger partial charge in [-0.25, -0.2) is 13.2 Å². The average Bonchev–Trinajstić information content (AvgIpc) is 3.50. The Labute approximate surface area is 181 Å². The Balaban J connectivity index is 1.65. The smallest absolute Gasteiger partial charge is 0.257 e. The number of dihydropyridines is 1. The number of methoxy groups -OCH3 is 1. The Morgan fingerprint density at radius 1 is 1.32 bits per heavy atom. The molecule has 3 rings (SSSR count). The summed E-state index contributed by atoms with van der Waals surface area (Å²) in [4.78, 5) is 12.5. The van der Waals surface area contributed by atoms with Gasteiger partial charge in [0, 0.05) is 32.0 Å². The van der Waals surface area contributed by atoms with E-state index in [0.29, 0.717) is 30.5 Å². The van der Waals surface area contributed by atoms with Crippen molar-refractivity contribution >= 4 is 11.4 Å². The molecule has 166 valence electrons. The lowest BCUT2D eigenvalue weighted by Crippen LogP contribution is -2.28. The molecular weight excluding hydrogens is 403 g/mol. The molecule has 0 aromatic heterocycles. The van der Waals surface area contributed by atoms with Crippen LogP contribution in [0.4, 0.5) is 13.2 Å². The Morgan fingerprint density at radius 3 is 2.55 bits per heavy atom. The standard InChI is InChI=1S/C25H28F3NO2/c1-16(12-23(31-4)25(9-10-25)24(3,27)28)11-21(30)13-19-8-7-18(14-22(19)26)20-6-5-17(2)29-15-20/h5-8,12,14,29H,1,9-11,13,15H2,2-4H3/b23-12-. The van der Waals surface area contributed by atoms with Gasteiger partial charge in [0.2, 0.25) is 0 Å². The van der Waals surface area contributed by atoms with E-state index in [9.17, 15) is 18.0 Å². The van der Waals surface area contributed by atoms with Crippen LogP contribution < -0.4 is 5.32 Å².